The summed E-state index contributed by atoms with van der Waals surface area (Å²) in [5.74, 6) is -1.45. The Morgan fingerprint density at radius 2 is 1.89 bits per heavy atom. The smallest absolute Gasteiger partial charge is 0.399 e. The largest absolute Gasteiger partial charge is 0.416 e. The molecule has 2 aliphatic rings. The number of alkyl halides is 3. The topological polar surface area (TPSA) is 101 Å². The molecule has 0 fully saturated rings. The number of nitrogens with two attached hydrogens (primary N) is 1. The summed E-state index contributed by atoms with van der Waals surface area (Å²) >= 11 is 0. The first-order valence-electron chi connectivity index (χ1n) is 8.48. The second-order valence-electron chi connectivity index (χ2n) is 7.02. The van der Waals surface area contributed by atoms with Crippen LogP contribution < -0.4 is 5.73 Å². The molecule has 0 spiro atoms. The number of likely N-dealkylation sites (N-methyl/N-ethyl adjacent to an activating group) is 1. The van der Waals surface area contributed by atoms with E-state index in [4.69, 9.17) is 5.73 Å². The van der Waals surface area contributed by atoms with E-state index < -0.39 is 29.0 Å². The molecule has 1 heterocycles. The van der Waals surface area contributed by atoms with Crippen molar-refractivity contribution in [3.8, 4) is 18.2 Å². The van der Waals surface area contributed by atoms with Gasteiger partial charge in [-0.15, -0.1) is 0 Å². The van der Waals surface area contributed by atoms with Crippen LogP contribution in [0.5, 0.6) is 0 Å². The lowest BCUT2D eigenvalue weighted by atomic mass is 9.58. The zero-order valence-corrected chi connectivity index (χ0v) is 15.0. The van der Waals surface area contributed by atoms with Gasteiger partial charge in [-0.1, -0.05) is 24.3 Å². The second kappa shape index (κ2) is 6.71. The first-order valence-corrected chi connectivity index (χ1v) is 8.48. The Balaban J connectivity index is 2.32. The van der Waals surface area contributed by atoms with Gasteiger partial charge in [0.05, 0.1) is 29.0 Å². The van der Waals surface area contributed by atoms with E-state index in [2.05, 4.69) is 0 Å². The van der Waals surface area contributed by atoms with Crippen LogP contribution in [-0.2, 0) is 6.18 Å². The van der Waals surface area contributed by atoms with Crippen molar-refractivity contribution in [1.29, 1.82) is 15.8 Å². The molecule has 0 saturated carbocycles. The van der Waals surface area contributed by atoms with Gasteiger partial charge in [0.2, 0.25) is 0 Å². The van der Waals surface area contributed by atoms with Gasteiger partial charge in [-0.3, -0.25) is 0 Å². The number of nitrogens with zero attached hydrogens (tertiary/aromatic N) is 4. The van der Waals surface area contributed by atoms with Crippen molar-refractivity contribution in [3.63, 3.8) is 0 Å². The van der Waals surface area contributed by atoms with Crippen LogP contribution >= 0.6 is 0 Å². The summed E-state index contributed by atoms with van der Waals surface area (Å²) in [5.41, 5.74) is 3.98. The summed E-state index contributed by atoms with van der Waals surface area (Å²) in [6, 6.07) is 10.4. The van der Waals surface area contributed by atoms with Gasteiger partial charge in [0.15, 0.2) is 5.41 Å². The summed E-state index contributed by atoms with van der Waals surface area (Å²) in [7, 11) is 1.82. The molecule has 1 aromatic carbocycles. The van der Waals surface area contributed by atoms with Crippen LogP contribution in [0.15, 0.2) is 47.2 Å². The number of allylic oxidation sites excluding steroid dienone is 2. The lowest BCUT2D eigenvalue weighted by Crippen LogP contribution is -2.47. The van der Waals surface area contributed by atoms with Gasteiger partial charge in [0, 0.05) is 24.9 Å². The van der Waals surface area contributed by atoms with E-state index in [9.17, 15) is 29.0 Å². The Bertz CT molecular complexity index is 986. The lowest BCUT2D eigenvalue weighted by molar-refractivity contribution is -0.137. The highest BCUT2D eigenvalue weighted by atomic mass is 19.4. The normalized spacial score (nSPS) is 24.4. The predicted octanol–water partition coefficient (Wildman–Crippen LogP) is 3.06. The Hall–Kier alpha value is -3.28. The molecule has 0 saturated heterocycles. The zero-order valence-electron chi connectivity index (χ0n) is 15.0. The molecule has 5 nitrogen and oxygen atoms in total. The summed E-state index contributed by atoms with van der Waals surface area (Å²) in [6.07, 6.45) is -2.77. The van der Waals surface area contributed by atoms with Crippen LogP contribution in [0.4, 0.5) is 13.2 Å². The minimum absolute atomic E-state index is 0.0735. The van der Waals surface area contributed by atoms with Crippen LogP contribution in [0.25, 0.3) is 0 Å². The van der Waals surface area contributed by atoms with Gasteiger partial charge in [-0.25, -0.2) is 0 Å². The van der Waals surface area contributed by atoms with E-state index in [-0.39, 0.29) is 16.8 Å². The van der Waals surface area contributed by atoms with Crippen LogP contribution in [0.3, 0.4) is 0 Å². The summed E-state index contributed by atoms with van der Waals surface area (Å²) in [4.78, 5) is 1.92. The van der Waals surface area contributed by atoms with Crippen molar-refractivity contribution in [1.82, 2.24) is 4.90 Å². The van der Waals surface area contributed by atoms with E-state index in [0.717, 1.165) is 12.1 Å². The Morgan fingerprint density at radius 1 is 1.21 bits per heavy atom. The predicted molar refractivity (Wildman–Crippen MR) is 93.7 cm³/mol. The van der Waals surface area contributed by atoms with Crippen LogP contribution in [0.1, 0.15) is 17.0 Å². The molecule has 28 heavy (non-hydrogen) atoms. The third kappa shape index (κ3) is 2.81. The van der Waals surface area contributed by atoms with Gasteiger partial charge in [0.1, 0.15) is 6.07 Å². The molecular formula is C20H16F3N5. The zero-order chi connectivity index (χ0) is 20.7. The Kier molecular flexibility index (Phi) is 4.67. The average molecular weight is 383 g/mol. The highest BCUT2D eigenvalue weighted by molar-refractivity contribution is 5.59. The van der Waals surface area contributed by atoms with Gasteiger partial charge < -0.3 is 10.6 Å². The van der Waals surface area contributed by atoms with E-state index >= 15 is 0 Å². The maximum atomic E-state index is 13.3. The van der Waals surface area contributed by atoms with Gasteiger partial charge in [0.25, 0.3) is 0 Å². The number of benzene rings is 1. The highest BCUT2D eigenvalue weighted by Crippen LogP contribution is 2.54. The molecule has 142 valence electrons. The van der Waals surface area contributed by atoms with Crippen molar-refractivity contribution in [2.24, 2.45) is 17.1 Å². The van der Waals surface area contributed by atoms with E-state index in [1.807, 2.05) is 30.2 Å². The van der Waals surface area contributed by atoms with Crippen molar-refractivity contribution in [2.45, 2.75) is 12.1 Å². The minimum atomic E-state index is -4.56. The van der Waals surface area contributed by atoms with Gasteiger partial charge in [-0.2, -0.15) is 29.0 Å². The number of nitriles is 3. The van der Waals surface area contributed by atoms with Crippen LogP contribution in [0.2, 0.25) is 0 Å². The summed E-state index contributed by atoms with van der Waals surface area (Å²) < 4.78 is 39.8. The first-order chi connectivity index (χ1) is 13.2. The molecule has 0 bridgehead atoms. The maximum Gasteiger partial charge on any atom is 0.416 e. The second-order valence-corrected chi connectivity index (χ2v) is 7.02. The fourth-order valence-electron chi connectivity index (χ4n) is 4.11. The number of halogens is 3. The quantitative estimate of drug-likeness (QED) is 0.803. The highest BCUT2D eigenvalue weighted by Gasteiger charge is 2.54. The van der Waals surface area contributed by atoms with E-state index in [1.54, 1.807) is 6.08 Å². The number of hydrogen-bond acceptors (Lipinski definition) is 5. The molecule has 1 aromatic rings. The monoisotopic (exact) mass is 383 g/mol. The fraction of sp³-hybridized carbons (Fsp3) is 0.350. The third-order valence-electron chi connectivity index (χ3n) is 5.42. The fourth-order valence-corrected chi connectivity index (χ4v) is 4.11. The van der Waals surface area contributed by atoms with Crippen LogP contribution in [-0.4, -0.2) is 25.0 Å². The minimum Gasteiger partial charge on any atom is -0.399 e. The van der Waals surface area contributed by atoms with Gasteiger partial charge in [-0.05, 0) is 24.3 Å². The number of hydrogen-bond donors (Lipinski definition) is 1. The molecule has 0 radical (unpaired) electrons. The van der Waals surface area contributed by atoms with Crippen molar-refractivity contribution >= 4 is 0 Å². The van der Waals surface area contributed by atoms with Crippen molar-refractivity contribution in [3.05, 3.63) is 58.3 Å². The maximum absolute atomic E-state index is 13.3. The number of fused-ring (bicyclic) bond motifs is 1. The average Bonchev–Trinajstić information content (AvgIpc) is 2.67. The third-order valence-corrected chi connectivity index (χ3v) is 5.42. The Morgan fingerprint density at radius 3 is 2.46 bits per heavy atom. The van der Waals surface area contributed by atoms with Crippen LogP contribution in [0, 0.1) is 45.3 Å². The van der Waals surface area contributed by atoms with E-state index in [1.165, 1.54) is 12.1 Å². The molecular weight excluding hydrogens is 367 g/mol. The molecule has 1 aliphatic heterocycles. The molecule has 1 aliphatic carbocycles. The van der Waals surface area contributed by atoms with Crippen molar-refractivity contribution in [2.75, 3.05) is 20.1 Å². The van der Waals surface area contributed by atoms with Gasteiger partial charge >= 0.3 is 6.18 Å². The molecule has 8 heteroatoms. The summed E-state index contributed by atoms with van der Waals surface area (Å²) in [6.45, 7) is 0.919. The first kappa shape index (κ1) is 19.5. The Labute approximate surface area is 160 Å². The van der Waals surface area contributed by atoms with Crippen molar-refractivity contribution < 1.29 is 13.2 Å². The molecule has 2 N–H and O–H groups in total. The SMILES string of the molecule is CN1CC=C2C(C#N)=C(N)C(C#N)(C#N)[C@@H](c3cccc(C(F)(F)F)c3)[C@@H]2C1. The summed E-state index contributed by atoms with van der Waals surface area (Å²) in [5, 5.41) is 29.4. The standard InChI is InChI=1S/C20H16F3N5/c1-28-6-5-14-15(8-24)18(27)19(10-25,11-26)17(16(14)9-28)12-3-2-4-13(7-12)20(21,22)23/h2-5,7,16-17H,6,9,27H2,1H3/t16-,17+/m1/s1. The molecule has 2 atom stereocenters. The molecule has 3 rings (SSSR count). The molecule has 0 aromatic heterocycles. The molecule has 0 unspecified atom stereocenters. The lowest BCUT2D eigenvalue weighted by Gasteiger charge is -2.45. The number of rotatable bonds is 1. The molecule has 0 amide bonds. The van der Waals surface area contributed by atoms with E-state index in [0.29, 0.717) is 18.7 Å².